The van der Waals surface area contributed by atoms with Crippen molar-refractivity contribution in [1.82, 2.24) is 0 Å². The lowest BCUT2D eigenvalue weighted by atomic mass is 10.2. The minimum Gasteiger partial charge on any atom is -0.507 e. The summed E-state index contributed by atoms with van der Waals surface area (Å²) in [7, 11) is 0. The Balaban J connectivity index is 2.94. The van der Waals surface area contributed by atoms with Crippen molar-refractivity contribution in [2.75, 3.05) is 5.75 Å². The molecule has 0 atom stereocenters. The molecule has 0 aliphatic heterocycles. The monoisotopic (exact) mass is 210 g/mol. The molecule has 1 aromatic rings. The standard InChI is InChI=1S/C10H10O3S/c1-2-5-14-7-3-4-9(11)8(6-7)10(12)13/h2-4,6,11H,1,5H2,(H,12,13). The summed E-state index contributed by atoms with van der Waals surface area (Å²) in [5.74, 6) is -0.617. The van der Waals surface area contributed by atoms with Gasteiger partial charge in [0, 0.05) is 10.6 Å². The van der Waals surface area contributed by atoms with Gasteiger partial charge >= 0.3 is 5.97 Å². The number of carbonyl (C=O) groups is 1. The molecule has 0 aliphatic carbocycles. The Bertz CT molecular complexity index is 360. The Hall–Kier alpha value is -1.42. The van der Waals surface area contributed by atoms with Crippen LogP contribution >= 0.6 is 11.8 Å². The third-order valence-electron chi connectivity index (χ3n) is 1.57. The highest BCUT2D eigenvalue weighted by Gasteiger charge is 2.09. The van der Waals surface area contributed by atoms with E-state index >= 15 is 0 Å². The molecule has 14 heavy (non-hydrogen) atoms. The van der Waals surface area contributed by atoms with E-state index in [1.165, 1.54) is 23.9 Å². The lowest BCUT2D eigenvalue weighted by Crippen LogP contribution is -1.96. The van der Waals surface area contributed by atoms with Gasteiger partial charge in [0.1, 0.15) is 11.3 Å². The molecule has 0 fully saturated rings. The van der Waals surface area contributed by atoms with Crippen LogP contribution in [0, 0.1) is 0 Å². The van der Waals surface area contributed by atoms with Crippen molar-refractivity contribution < 1.29 is 15.0 Å². The molecule has 3 nitrogen and oxygen atoms in total. The number of aromatic carboxylic acids is 1. The molecule has 0 heterocycles. The van der Waals surface area contributed by atoms with E-state index in [2.05, 4.69) is 6.58 Å². The number of carboxylic acids is 1. The van der Waals surface area contributed by atoms with Crippen LogP contribution in [0.1, 0.15) is 10.4 Å². The van der Waals surface area contributed by atoms with Crippen LogP contribution in [0.3, 0.4) is 0 Å². The van der Waals surface area contributed by atoms with Gasteiger partial charge in [0.2, 0.25) is 0 Å². The van der Waals surface area contributed by atoms with Crippen molar-refractivity contribution in [3.05, 3.63) is 36.4 Å². The normalized spacial score (nSPS) is 9.71. The minimum absolute atomic E-state index is 0.0703. The fourth-order valence-corrected chi connectivity index (χ4v) is 1.61. The molecule has 0 aromatic heterocycles. The number of phenols is 1. The van der Waals surface area contributed by atoms with Crippen molar-refractivity contribution in [2.24, 2.45) is 0 Å². The molecule has 0 bridgehead atoms. The Morgan fingerprint density at radius 3 is 2.86 bits per heavy atom. The first-order valence-electron chi connectivity index (χ1n) is 3.95. The van der Waals surface area contributed by atoms with Crippen LogP contribution in [0.5, 0.6) is 5.75 Å². The lowest BCUT2D eigenvalue weighted by molar-refractivity contribution is 0.0693. The van der Waals surface area contributed by atoms with Crippen LogP contribution in [-0.2, 0) is 0 Å². The molecule has 0 radical (unpaired) electrons. The van der Waals surface area contributed by atoms with Crippen LogP contribution in [0.15, 0.2) is 35.7 Å². The summed E-state index contributed by atoms with van der Waals surface area (Å²) in [4.78, 5) is 11.5. The van der Waals surface area contributed by atoms with Crippen molar-refractivity contribution in [1.29, 1.82) is 0 Å². The summed E-state index contributed by atoms with van der Waals surface area (Å²) < 4.78 is 0. The predicted octanol–water partition coefficient (Wildman–Crippen LogP) is 2.37. The highest BCUT2D eigenvalue weighted by molar-refractivity contribution is 7.99. The number of carboxylic acid groups (broad SMARTS) is 1. The van der Waals surface area contributed by atoms with Gasteiger partial charge in [-0.1, -0.05) is 6.08 Å². The van der Waals surface area contributed by atoms with Crippen LogP contribution in [-0.4, -0.2) is 21.9 Å². The van der Waals surface area contributed by atoms with Gasteiger partial charge in [-0.2, -0.15) is 0 Å². The second kappa shape index (κ2) is 4.72. The second-order valence-electron chi connectivity index (χ2n) is 2.58. The van der Waals surface area contributed by atoms with E-state index in [0.29, 0.717) is 5.75 Å². The van der Waals surface area contributed by atoms with Gasteiger partial charge in [-0.25, -0.2) is 4.79 Å². The van der Waals surface area contributed by atoms with Crippen molar-refractivity contribution in [2.45, 2.75) is 4.90 Å². The minimum atomic E-state index is -1.12. The summed E-state index contributed by atoms with van der Waals surface area (Å²) in [6.07, 6.45) is 1.73. The maximum Gasteiger partial charge on any atom is 0.339 e. The fourth-order valence-electron chi connectivity index (χ4n) is 0.931. The molecule has 0 spiro atoms. The number of thioether (sulfide) groups is 1. The highest BCUT2D eigenvalue weighted by atomic mass is 32.2. The quantitative estimate of drug-likeness (QED) is 0.591. The van der Waals surface area contributed by atoms with Gasteiger partial charge in [0.05, 0.1) is 0 Å². The highest BCUT2D eigenvalue weighted by Crippen LogP contribution is 2.25. The van der Waals surface area contributed by atoms with Gasteiger partial charge in [-0.15, -0.1) is 18.3 Å². The molecule has 2 N–H and O–H groups in total. The van der Waals surface area contributed by atoms with Gasteiger partial charge in [-0.3, -0.25) is 0 Å². The Labute approximate surface area is 86.1 Å². The summed E-state index contributed by atoms with van der Waals surface area (Å²) in [5, 5.41) is 17.9. The molecule has 0 saturated carbocycles. The van der Waals surface area contributed by atoms with E-state index in [-0.39, 0.29) is 11.3 Å². The molecule has 0 aliphatic rings. The molecule has 0 saturated heterocycles. The second-order valence-corrected chi connectivity index (χ2v) is 3.68. The summed E-state index contributed by atoms with van der Waals surface area (Å²) in [5.41, 5.74) is -0.0703. The van der Waals surface area contributed by atoms with Gasteiger partial charge < -0.3 is 10.2 Å². The zero-order chi connectivity index (χ0) is 10.6. The first kappa shape index (κ1) is 10.7. The van der Waals surface area contributed by atoms with Crippen molar-refractivity contribution in [3.63, 3.8) is 0 Å². The average molecular weight is 210 g/mol. The maximum atomic E-state index is 10.7. The third-order valence-corrected chi connectivity index (χ3v) is 2.56. The molecule has 1 rings (SSSR count). The molecule has 0 amide bonds. The van der Waals surface area contributed by atoms with Crippen molar-refractivity contribution in [3.8, 4) is 5.75 Å². The number of aromatic hydroxyl groups is 1. The number of hydrogen-bond acceptors (Lipinski definition) is 3. The van der Waals surface area contributed by atoms with Gasteiger partial charge in [0.25, 0.3) is 0 Å². The molecular formula is C10H10O3S. The Morgan fingerprint density at radius 1 is 1.57 bits per heavy atom. The topological polar surface area (TPSA) is 57.5 Å². The first-order valence-corrected chi connectivity index (χ1v) is 4.93. The SMILES string of the molecule is C=CCSc1ccc(O)c(C(=O)O)c1. The van der Waals surface area contributed by atoms with E-state index in [4.69, 9.17) is 5.11 Å². The summed E-state index contributed by atoms with van der Waals surface area (Å²) >= 11 is 1.47. The van der Waals surface area contributed by atoms with E-state index in [1.807, 2.05) is 0 Å². The van der Waals surface area contributed by atoms with Gasteiger partial charge in [-0.05, 0) is 18.2 Å². The molecular weight excluding hydrogens is 200 g/mol. The number of benzene rings is 1. The average Bonchev–Trinajstić information content (AvgIpc) is 2.16. The van der Waals surface area contributed by atoms with E-state index in [0.717, 1.165) is 4.90 Å². The van der Waals surface area contributed by atoms with E-state index in [9.17, 15) is 9.90 Å². The van der Waals surface area contributed by atoms with E-state index < -0.39 is 5.97 Å². The summed E-state index contributed by atoms with van der Waals surface area (Å²) in [6, 6.07) is 4.51. The Kier molecular flexibility index (Phi) is 3.59. The van der Waals surface area contributed by atoms with Crippen LogP contribution < -0.4 is 0 Å². The van der Waals surface area contributed by atoms with Crippen LogP contribution in [0.4, 0.5) is 0 Å². The number of hydrogen-bond donors (Lipinski definition) is 2. The third kappa shape index (κ3) is 2.53. The van der Waals surface area contributed by atoms with Crippen LogP contribution in [0.2, 0.25) is 0 Å². The Morgan fingerprint density at radius 2 is 2.29 bits per heavy atom. The lowest BCUT2D eigenvalue weighted by Gasteiger charge is -2.02. The largest absolute Gasteiger partial charge is 0.507 e. The number of rotatable bonds is 4. The van der Waals surface area contributed by atoms with E-state index in [1.54, 1.807) is 12.1 Å². The van der Waals surface area contributed by atoms with Crippen LogP contribution in [0.25, 0.3) is 0 Å². The molecule has 4 heteroatoms. The smallest absolute Gasteiger partial charge is 0.339 e. The zero-order valence-electron chi connectivity index (χ0n) is 7.43. The van der Waals surface area contributed by atoms with Crippen molar-refractivity contribution >= 4 is 17.7 Å². The van der Waals surface area contributed by atoms with Gasteiger partial charge in [0.15, 0.2) is 0 Å². The zero-order valence-corrected chi connectivity index (χ0v) is 8.25. The predicted molar refractivity (Wildman–Crippen MR) is 56.0 cm³/mol. The first-order chi connectivity index (χ1) is 6.65. The maximum absolute atomic E-state index is 10.7. The molecule has 0 unspecified atom stereocenters. The summed E-state index contributed by atoms with van der Waals surface area (Å²) in [6.45, 7) is 3.56. The molecule has 1 aromatic carbocycles. The fraction of sp³-hybridized carbons (Fsp3) is 0.100. The molecule has 74 valence electrons.